The Morgan fingerprint density at radius 2 is 2.19 bits per heavy atom. The highest BCUT2D eigenvalue weighted by Crippen LogP contribution is 2.26. The first-order valence-corrected chi connectivity index (χ1v) is 7.96. The minimum atomic E-state index is 0.0548. The van der Waals surface area contributed by atoms with Crippen LogP contribution in [0.3, 0.4) is 0 Å². The Morgan fingerprint density at radius 1 is 1.38 bits per heavy atom. The topological polar surface area (TPSA) is 52.6 Å². The number of carbonyl (C=O) groups is 1. The highest BCUT2D eigenvalue weighted by Gasteiger charge is 2.29. The van der Waals surface area contributed by atoms with Gasteiger partial charge in [-0.25, -0.2) is 0 Å². The van der Waals surface area contributed by atoms with Gasteiger partial charge in [0, 0.05) is 18.3 Å². The van der Waals surface area contributed by atoms with Crippen LogP contribution < -0.4 is 5.32 Å². The number of aliphatic hydroxyl groups excluding tert-OH is 1. The number of amides is 1. The molecular formula is C17H26N2O2. The highest BCUT2D eigenvalue weighted by atomic mass is 16.2. The van der Waals surface area contributed by atoms with E-state index in [1.165, 1.54) is 18.4 Å². The first-order valence-electron chi connectivity index (χ1n) is 7.96. The van der Waals surface area contributed by atoms with Crippen molar-refractivity contribution in [1.82, 2.24) is 4.90 Å². The van der Waals surface area contributed by atoms with E-state index in [2.05, 4.69) is 23.2 Å². The molecule has 1 aromatic rings. The molecule has 1 fully saturated rings. The summed E-state index contributed by atoms with van der Waals surface area (Å²) in [5.41, 5.74) is 2.11. The second-order valence-corrected chi connectivity index (χ2v) is 5.73. The summed E-state index contributed by atoms with van der Waals surface area (Å²) in [6.45, 7) is 3.69. The lowest BCUT2D eigenvalue weighted by molar-refractivity contribution is -0.117. The fourth-order valence-electron chi connectivity index (χ4n) is 2.51. The van der Waals surface area contributed by atoms with Crippen molar-refractivity contribution in [3.05, 3.63) is 29.8 Å². The van der Waals surface area contributed by atoms with Gasteiger partial charge in [-0.05, 0) is 56.3 Å². The van der Waals surface area contributed by atoms with E-state index in [4.69, 9.17) is 5.11 Å². The van der Waals surface area contributed by atoms with Gasteiger partial charge in [0.05, 0.1) is 6.54 Å². The number of nitrogens with one attached hydrogen (secondary N) is 1. The lowest BCUT2D eigenvalue weighted by Gasteiger charge is -2.21. The zero-order valence-electron chi connectivity index (χ0n) is 12.8. The van der Waals surface area contributed by atoms with Gasteiger partial charge in [-0.2, -0.15) is 0 Å². The predicted octanol–water partition coefficient (Wildman–Crippen LogP) is 2.42. The van der Waals surface area contributed by atoms with E-state index in [0.29, 0.717) is 12.6 Å². The zero-order chi connectivity index (χ0) is 15.1. The van der Waals surface area contributed by atoms with E-state index >= 15 is 0 Å². The smallest absolute Gasteiger partial charge is 0.238 e. The van der Waals surface area contributed by atoms with Crippen LogP contribution in [0.1, 0.15) is 38.2 Å². The third-order valence-electron chi connectivity index (χ3n) is 3.88. The van der Waals surface area contributed by atoms with Gasteiger partial charge < -0.3 is 10.4 Å². The van der Waals surface area contributed by atoms with E-state index in [9.17, 15) is 4.79 Å². The van der Waals surface area contributed by atoms with Gasteiger partial charge in [0.1, 0.15) is 0 Å². The molecule has 4 nitrogen and oxygen atoms in total. The maximum atomic E-state index is 12.2. The summed E-state index contributed by atoms with van der Waals surface area (Å²) in [5.74, 6) is 0.0548. The lowest BCUT2D eigenvalue weighted by atomic mass is 10.1. The van der Waals surface area contributed by atoms with Crippen molar-refractivity contribution >= 4 is 11.6 Å². The van der Waals surface area contributed by atoms with Gasteiger partial charge in [-0.15, -0.1) is 0 Å². The molecule has 2 N–H and O–H groups in total. The number of aryl methyl sites for hydroxylation is 1. The van der Waals surface area contributed by atoms with E-state index in [-0.39, 0.29) is 12.5 Å². The molecule has 0 heterocycles. The van der Waals surface area contributed by atoms with Gasteiger partial charge in [-0.3, -0.25) is 9.69 Å². The molecule has 4 heteroatoms. The maximum absolute atomic E-state index is 12.2. The number of nitrogens with zero attached hydrogens (tertiary/aromatic N) is 1. The normalized spacial score (nSPS) is 14.4. The number of hydrogen-bond donors (Lipinski definition) is 2. The molecular weight excluding hydrogens is 264 g/mol. The third-order valence-corrected chi connectivity index (χ3v) is 3.88. The Kier molecular flexibility index (Phi) is 6.21. The first kappa shape index (κ1) is 16.0. The van der Waals surface area contributed by atoms with Crippen LogP contribution in [-0.4, -0.2) is 41.7 Å². The van der Waals surface area contributed by atoms with Gasteiger partial charge in [0.25, 0.3) is 0 Å². The van der Waals surface area contributed by atoms with Crippen molar-refractivity contribution in [1.29, 1.82) is 0 Å². The lowest BCUT2D eigenvalue weighted by Crippen LogP contribution is -2.35. The van der Waals surface area contributed by atoms with E-state index in [1.54, 1.807) is 0 Å². The highest BCUT2D eigenvalue weighted by molar-refractivity contribution is 5.92. The Morgan fingerprint density at radius 3 is 2.86 bits per heavy atom. The van der Waals surface area contributed by atoms with Crippen LogP contribution in [0.2, 0.25) is 0 Å². The summed E-state index contributed by atoms with van der Waals surface area (Å²) in [4.78, 5) is 14.4. The molecule has 1 saturated carbocycles. The van der Waals surface area contributed by atoms with Crippen molar-refractivity contribution in [3.8, 4) is 0 Å². The maximum Gasteiger partial charge on any atom is 0.238 e. The molecule has 0 radical (unpaired) electrons. The number of benzene rings is 1. The molecule has 0 spiro atoms. The number of rotatable bonds is 9. The number of carbonyl (C=O) groups excluding carboxylic acids is 1. The molecule has 1 aliphatic rings. The Hall–Kier alpha value is -1.39. The number of hydrogen-bond acceptors (Lipinski definition) is 3. The molecule has 2 rings (SSSR count). The van der Waals surface area contributed by atoms with Crippen LogP contribution in [0.5, 0.6) is 0 Å². The second kappa shape index (κ2) is 8.15. The molecule has 0 bridgehead atoms. The molecule has 0 aromatic heterocycles. The Balaban J connectivity index is 1.83. The summed E-state index contributed by atoms with van der Waals surface area (Å²) in [6.07, 6.45) is 5.11. The number of aliphatic hydroxyl groups is 1. The van der Waals surface area contributed by atoms with E-state index in [0.717, 1.165) is 31.5 Å². The molecule has 0 unspecified atom stereocenters. The Bertz CT molecular complexity index is 458. The molecule has 1 aromatic carbocycles. The standard InChI is InChI=1S/C17H26N2O2/c1-2-14-6-5-7-15(12-14)18-17(21)13-19(16-8-9-16)10-3-4-11-20/h5-7,12,16,20H,2-4,8-11,13H2,1H3,(H,18,21). The summed E-state index contributed by atoms with van der Waals surface area (Å²) in [5, 5.41) is 11.9. The minimum absolute atomic E-state index is 0.0548. The first-order chi connectivity index (χ1) is 10.2. The second-order valence-electron chi connectivity index (χ2n) is 5.73. The summed E-state index contributed by atoms with van der Waals surface area (Å²) in [7, 11) is 0. The predicted molar refractivity (Wildman–Crippen MR) is 85.4 cm³/mol. The zero-order valence-corrected chi connectivity index (χ0v) is 12.8. The van der Waals surface area contributed by atoms with Crippen LogP contribution in [0.4, 0.5) is 5.69 Å². The fraction of sp³-hybridized carbons (Fsp3) is 0.588. The van der Waals surface area contributed by atoms with Gasteiger partial charge >= 0.3 is 0 Å². The van der Waals surface area contributed by atoms with Crippen molar-refractivity contribution in [2.75, 3.05) is 25.0 Å². The molecule has 0 aliphatic heterocycles. The van der Waals surface area contributed by atoms with Crippen LogP contribution in [-0.2, 0) is 11.2 Å². The molecule has 21 heavy (non-hydrogen) atoms. The summed E-state index contributed by atoms with van der Waals surface area (Å²) in [6, 6.07) is 8.58. The average molecular weight is 290 g/mol. The summed E-state index contributed by atoms with van der Waals surface area (Å²) < 4.78 is 0. The van der Waals surface area contributed by atoms with Crippen molar-refractivity contribution in [2.45, 2.75) is 45.1 Å². The molecule has 116 valence electrons. The van der Waals surface area contributed by atoms with Crippen LogP contribution in [0.15, 0.2) is 24.3 Å². The summed E-state index contributed by atoms with van der Waals surface area (Å²) >= 11 is 0. The Labute approximate surface area is 127 Å². The number of unbranched alkanes of at least 4 members (excludes halogenated alkanes) is 1. The van der Waals surface area contributed by atoms with Crippen molar-refractivity contribution < 1.29 is 9.90 Å². The SMILES string of the molecule is CCc1cccc(NC(=O)CN(CCCCO)C2CC2)c1. The van der Waals surface area contributed by atoms with Crippen LogP contribution in [0.25, 0.3) is 0 Å². The molecule has 1 aliphatic carbocycles. The average Bonchev–Trinajstić information content (AvgIpc) is 3.31. The molecule has 0 saturated heterocycles. The quantitative estimate of drug-likeness (QED) is 0.687. The fourth-order valence-corrected chi connectivity index (χ4v) is 2.51. The molecule has 1 amide bonds. The molecule has 0 atom stereocenters. The van der Waals surface area contributed by atoms with Crippen LogP contribution in [0, 0.1) is 0 Å². The van der Waals surface area contributed by atoms with Gasteiger partial charge in [0.2, 0.25) is 5.91 Å². The van der Waals surface area contributed by atoms with E-state index in [1.807, 2.05) is 18.2 Å². The number of anilines is 1. The largest absolute Gasteiger partial charge is 0.396 e. The van der Waals surface area contributed by atoms with Crippen molar-refractivity contribution in [2.24, 2.45) is 0 Å². The van der Waals surface area contributed by atoms with Crippen molar-refractivity contribution in [3.63, 3.8) is 0 Å². The minimum Gasteiger partial charge on any atom is -0.396 e. The van der Waals surface area contributed by atoms with E-state index < -0.39 is 0 Å². The van der Waals surface area contributed by atoms with Crippen LogP contribution >= 0.6 is 0 Å². The van der Waals surface area contributed by atoms with Gasteiger partial charge in [0.15, 0.2) is 0 Å². The van der Waals surface area contributed by atoms with Gasteiger partial charge in [-0.1, -0.05) is 19.1 Å². The third kappa shape index (κ3) is 5.48. The monoisotopic (exact) mass is 290 g/mol.